The van der Waals surface area contributed by atoms with Crippen LogP contribution in [0.3, 0.4) is 0 Å². The Morgan fingerprint density at radius 2 is 2.18 bits per heavy atom. The predicted octanol–water partition coefficient (Wildman–Crippen LogP) is 3.50. The lowest BCUT2D eigenvalue weighted by Crippen LogP contribution is -2.36. The average molecular weight is 239 g/mol. The van der Waals surface area contributed by atoms with Gasteiger partial charge in [-0.05, 0) is 51.9 Å². The molecule has 1 amide bonds. The van der Waals surface area contributed by atoms with Gasteiger partial charge in [-0.2, -0.15) is 0 Å². The van der Waals surface area contributed by atoms with E-state index in [9.17, 15) is 4.79 Å². The molecule has 3 heteroatoms. The van der Waals surface area contributed by atoms with Gasteiger partial charge in [0.2, 0.25) is 0 Å². The molecule has 0 spiro atoms. The summed E-state index contributed by atoms with van der Waals surface area (Å²) in [5.74, 6) is 1.19. The Bertz CT molecular complexity index is 268. The number of carbonyl (C=O) groups excluding carboxylic acids is 1. The molecule has 2 atom stereocenters. The standard InChI is InChI=1S/C14H25NO2/c1-5-11-7-6-8-12(9-11)10-15-13(16)17-14(2,3)4/h5,11-12H,1,6-10H2,2-4H3,(H,15,16). The highest BCUT2D eigenvalue weighted by atomic mass is 16.6. The van der Waals surface area contributed by atoms with E-state index in [4.69, 9.17) is 4.74 Å². The molecular weight excluding hydrogens is 214 g/mol. The maximum absolute atomic E-state index is 11.5. The second-order valence-electron chi connectivity index (χ2n) is 5.91. The third-order valence-electron chi connectivity index (χ3n) is 3.09. The first-order valence-corrected chi connectivity index (χ1v) is 6.50. The number of amides is 1. The highest BCUT2D eigenvalue weighted by Crippen LogP contribution is 2.29. The normalized spacial score (nSPS) is 25.1. The summed E-state index contributed by atoms with van der Waals surface area (Å²) in [5, 5.41) is 2.86. The number of carbonyl (C=O) groups is 1. The van der Waals surface area contributed by atoms with Gasteiger partial charge in [0.05, 0.1) is 0 Å². The Balaban J connectivity index is 2.26. The molecule has 1 fully saturated rings. The van der Waals surface area contributed by atoms with Gasteiger partial charge in [-0.25, -0.2) is 4.79 Å². The number of hydrogen-bond acceptors (Lipinski definition) is 2. The highest BCUT2D eigenvalue weighted by molar-refractivity contribution is 5.67. The van der Waals surface area contributed by atoms with Gasteiger partial charge < -0.3 is 10.1 Å². The Kier molecular flexibility index (Phi) is 5.03. The van der Waals surface area contributed by atoms with Crippen LogP contribution in [0.4, 0.5) is 4.79 Å². The molecule has 98 valence electrons. The van der Waals surface area contributed by atoms with Crippen LogP contribution in [0, 0.1) is 11.8 Å². The largest absolute Gasteiger partial charge is 0.444 e. The third-order valence-corrected chi connectivity index (χ3v) is 3.09. The van der Waals surface area contributed by atoms with Crippen LogP contribution in [-0.4, -0.2) is 18.2 Å². The van der Waals surface area contributed by atoms with Gasteiger partial charge in [-0.15, -0.1) is 6.58 Å². The zero-order chi connectivity index (χ0) is 12.9. The van der Waals surface area contributed by atoms with E-state index in [1.165, 1.54) is 19.3 Å². The molecule has 0 aromatic heterocycles. The van der Waals surface area contributed by atoms with E-state index in [1.54, 1.807) is 0 Å². The van der Waals surface area contributed by atoms with Crippen LogP contribution in [0.15, 0.2) is 12.7 Å². The van der Waals surface area contributed by atoms with Crippen molar-refractivity contribution in [2.45, 2.75) is 52.1 Å². The number of allylic oxidation sites excluding steroid dienone is 1. The van der Waals surface area contributed by atoms with E-state index in [-0.39, 0.29) is 6.09 Å². The number of alkyl carbamates (subject to hydrolysis) is 1. The molecule has 17 heavy (non-hydrogen) atoms. The van der Waals surface area contributed by atoms with Gasteiger partial charge in [-0.1, -0.05) is 12.5 Å². The van der Waals surface area contributed by atoms with E-state index < -0.39 is 5.60 Å². The quantitative estimate of drug-likeness (QED) is 0.765. The van der Waals surface area contributed by atoms with Crippen molar-refractivity contribution in [3.8, 4) is 0 Å². The third kappa shape index (κ3) is 5.76. The minimum absolute atomic E-state index is 0.307. The summed E-state index contributed by atoms with van der Waals surface area (Å²) >= 11 is 0. The van der Waals surface area contributed by atoms with Gasteiger partial charge >= 0.3 is 6.09 Å². The van der Waals surface area contributed by atoms with Crippen molar-refractivity contribution in [1.82, 2.24) is 5.32 Å². The first-order valence-electron chi connectivity index (χ1n) is 6.50. The average Bonchev–Trinajstić information content (AvgIpc) is 2.24. The van der Waals surface area contributed by atoms with Crippen LogP contribution in [0.1, 0.15) is 46.5 Å². The lowest BCUT2D eigenvalue weighted by molar-refractivity contribution is 0.0513. The number of ether oxygens (including phenoxy) is 1. The summed E-state index contributed by atoms with van der Waals surface area (Å²) in [7, 11) is 0. The number of rotatable bonds is 3. The smallest absolute Gasteiger partial charge is 0.407 e. The van der Waals surface area contributed by atoms with Crippen molar-refractivity contribution < 1.29 is 9.53 Å². The second kappa shape index (κ2) is 6.08. The summed E-state index contributed by atoms with van der Waals surface area (Å²) in [6.07, 6.45) is 6.54. The molecule has 1 aliphatic carbocycles. The molecule has 0 radical (unpaired) electrons. The van der Waals surface area contributed by atoms with Crippen LogP contribution >= 0.6 is 0 Å². The molecule has 0 saturated heterocycles. The molecule has 1 N–H and O–H groups in total. The summed E-state index contributed by atoms with van der Waals surface area (Å²) in [6.45, 7) is 10.2. The summed E-state index contributed by atoms with van der Waals surface area (Å²) < 4.78 is 5.21. The lowest BCUT2D eigenvalue weighted by atomic mass is 9.81. The minimum atomic E-state index is -0.416. The fourth-order valence-corrected chi connectivity index (χ4v) is 2.27. The molecule has 1 saturated carbocycles. The van der Waals surface area contributed by atoms with Crippen molar-refractivity contribution >= 4 is 6.09 Å². The van der Waals surface area contributed by atoms with E-state index in [2.05, 4.69) is 11.9 Å². The van der Waals surface area contributed by atoms with Crippen LogP contribution < -0.4 is 5.32 Å². The fourth-order valence-electron chi connectivity index (χ4n) is 2.27. The molecule has 1 rings (SSSR count). The molecule has 0 heterocycles. The van der Waals surface area contributed by atoms with Crippen molar-refractivity contribution in [2.24, 2.45) is 11.8 Å². The Morgan fingerprint density at radius 1 is 1.47 bits per heavy atom. The fraction of sp³-hybridized carbons (Fsp3) is 0.786. The van der Waals surface area contributed by atoms with E-state index in [1.807, 2.05) is 26.8 Å². The summed E-state index contributed by atoms with van der Waals surface area (Å²) in [5.41, 5.74) is -0.416. The molecule has 0 aliphatic heterocycles. The van der Waals surface area contributed by atoms with Gasteiger partial charge in [0.15, 0.2) is 0 Å². The second-order valence-corrected chi connectivity index (χ2v) is 5.91. The van der Waals surface area contributed by atoms with Crippen LogP contribution in [-0.2, 0) is 4.74 Å². The monoisotopic (exact) mass is 239 g/mol. The molecule has 3 nitrogen and oxygen atoms in total. The minimum Gasteiger partial charge on any atom is -0.444 e. The Morgan fingerprint density at radius 3 is 2.76 bits per heavy atom. The molecule has 1 aliphatic rings. The molecule has 0 aromatic rings. The topological polar surface area (TPSA) is 38.3 Å². The number of nitrogens with one attached hydrogen (secondary N) is 1. The van der Waals surface area contributed by atoms with Crippen molar-refractivity contribution in [3.63, 3.8) is 0 Å². The zero-order valence-corrected chi connectivity index (χ0v) is 11.3. The zero-order valence-electron chi connectivity index (χ0n) is 11.3. The van der Waals surface area contributed by atoms with Crippen LogP contribution in [0.5, 0.6) is 0 Å². The maximum Gasteiger partial charge on any atom is 0.407 e. The summed E-state index contributed by atoms with van der Waals surface area (Å²) in [6, 6.07) is 0. The first-order chi connectivity index (χ1) is 7.90. The lowest BCUT2D eigenvalue weighted by Gasteiger charge is -2.27. The highest BCUT2D eigenvalue weighted by Gasteiger charge is 2.21. The Hall–Kier alpha value is -0.990. The van der Waals surface area contributed by atoms with Gasteiger partial charge in [0, 0.05) is 6.54 Å². The van der Waals surface area contributed by atoms with Crippen LogP contribution in [0.2, 0.25) is 0 Å². The van der Waals surface area contributed by atoms with E-state index in [0.29, 0.717) is 11.8 Å². The van der Waals surface area contributed by atoms with Crippen molar-refractivity contribution in [1.29, 1.82) is 0 Å². The molecule has 0 bridgehead atoms. The van der Waals surface area contributed by atoms with Gasteiger partial charge in [0.25, 0.3) is 0 Å². The van der Waals surface area contributed by atoms with Gasteiger partial charge in [0.1, 0.15) is 5.60 Å². The van der Waals surface area contributed by atoms with Gasteiger partial charge in [-0.3, -0.25) is 0 Å². The van der Waals surface area contributed by atoms with Crippen molar-refractivity contribution in [3.05, 3.63) is 12.7 Å². The number of hydrogen-bond donors (Lipinski definition) is 1. The summed E-state index contributed by atoms with van der Waals surface area (Å²) in [4.78, 5) is 11.5. The molecular formula is C14H25NO2. The SMILES string of the molecule is C=CC1CCCC(CNC(=O)OC(C)(C)C)C1. The van der Waals surface area contributed by atoms with Crippen molar-refractivity contribution in [2.75, 3.05) is 6.54 Å². The van der Waals surface area contributed by atoms with Crippen LogP contribution in [0.25, 0.3) is 0 Å². The first kappa shape index (κ1) is 14.1. The molecule has 2 unspecified atom stereocenters. The van der Waals surface area contributed by atoms with E-state index in [0.717, 1.165) is 13.0 Å². The maximum atomic E-state index is 11.5. The van der Waals surface area contributed by atoms with E-state index >= 15 is 0 Å². The molecule has 0 aromatic carbocycles. The Labute approximate surface area is 105 Å². The predicted molar refractivity (Wildman–Crippen MR) is 69.9 cm³/mol.